The van der Waals surface area contributed by atoms with Gasteiger partial charge in [-0.25, -0.2) is 9.97 Å². The summed E-state index contributed by atoms with van der Waals surface area (Å²) in [5.41, 5.74) is 0.341. The van der Waals surface area contributed by atoms with Gasteiger partial charge in [0, 0.05) is 11.9 Å². The number of anilines is 1. The fourth-order valence-electron chi connectivity index (χ4n) is 1.29. The van der Waals surface area contributed by atoms with Gasteiger partial charge >= 0.3 is 0 Å². The summed E-state index contributed by atoms with van der Waals surface area (Å²) in [5, 5.41) is 10.7. The molecule has 16 heavy (non-hydrogen) atoms. The van der Waals surface area contributed by atoms with Gasteiger partial charge in [0.2, 0.25) is 0 Å². The van der Waals surface area contributed by atoms with E-state index in [1.165, 1.54) is 11.1 Å². The zero-order valence-corrected chi connectivity index (χ0v) is 9.61. The van der Waals surface area contributed by atoms with E-state index < -0.39 is 0 Å². The van der Waals surface area contributed by atoms with Crippen LogP contribution in [-0.2, 0) is 6.54 Å². The Morgan fingerprint density at radius 2 is 2.31 bits per heavy atom. The average molecular weight is 230 g/mol. The lowest BCUT2D eigenvalue weighted by Gasteiger charge is -2.16. The maximum absolute atomic E-state index is 8.61. The molecular formula is C11H10N4S. The fraction of sp³-hybridized carbons (Fsp3) is 0.182. The molecule has 0 saturated carbocycles. The SMILES string of the molecule is CN(Cc1cccs1)c1cnc(C#N)cn1. The van der Waals surface area contributed by atoms with Crippen LogP contribution >= 0.6 is 11.3 Å². The van der Waals surface area contributed by atoms with Gasteiger partial charge in [-0.2, -0.15) is 5.26 Å². The highest BCUT2D eigenvalue weighted by molar-refractivity contribution is 7.09. The molecule has 0 fully saturated rings. The van der Waals surface area contributed by atoms with E-state index in [4.69, 9.17) is 5.26 Å². The maximum Gasteiger partial charge on any atom is 0.158 e. The van der Waals surface area contributed by atoms with Crippen molar-refractivity contribution in [3.63, 3.8) is 0 Å². The Morgan fingerprint density at radius 1 is 1.44 bits per heavy atom. The van der Waals surface area contributed by atoms with Crippen LogP contribution in [0.1, 0.15) is 10.6 Å². The second-order valence-electron chi connectivity index (χ2n) is 3.31. The minimum atomic E-state index is 0.341. The van der Waals surface area contributed by atoms with Crippen molar-refractivity contribution in [3.8, 4) is 6.07 Å². The molecule has 0 radical (unpaired) electrons. The highest BCUT2D eigenvalue weighted by Crippen LogP contribution is 2.15. The van der Waals surface area contributed by atoms with Crippen LogP contribution in [0, 0.1) is 11.3 Å². The number of hydrogen-bond donors (Lipinski definition) is 0. The number of thiophene rings is 1. The minimum absolute atomic E-state index is 0.341. The predicted molar refractivity (Wildman–Crippen MR) is 63.2 cm³/mol. The number of nitriles is 1. The Labute approximate surface area is 97.8 Å². The molecule has 0 atom stereocenters. The summed E-state index contributed by atoms with van der Waals surface area (Å²) in [6, 6.07) is 6.06. The zero-order valence-electron chi connectivity index (χ0n) is 8.79. The molecule has 0 aliphatic rings. The van der Waals surface area contributed by atoms with Crippen LogP contribution in [0.15, 0.2) is 29.9 Å². The van der Waals surface area contributed by atoms with E-state index in [2.05, 4.69) is 16.0 Å². The first-order valence-electron chi connectivity index (χ1n) is 4.75. The molecule has 0 unspecified atom stereocenters. The number of nitrogens with zero attached hydrogens (tertiary/aromatic N) is 4. The summed E-state index contributed by atoms with van der Waals surface area (Å²) in [6.45, 7) is 0.804. The van der Waals surface area contributed by atoms with Crippen LogP contribution < -0.4 is 4.90 Å². The molecule has 0 N–H and O–H groups in total. The highest BCUT2D eigenvalue weighted by Gasteiger charge is 2.04. The quantitative estimate of drug-likeness (QED) is 0.809. The molecule has 2 heterocycles. The van der Waals surface area contributed by atoms with Crippen LogP contribution in [0.25, 0.3) is 0 Å². The Hall–Kier alpha value is -1.93. The normalized spacial score (nSPS) is 9.75. The highest BCUT2D eigenvalue weighted by atomic mass is 32.1. The topological polar surface area (TPSA) is 52.8 Å². The average Bonchev–Trinajstić information content (AvgIpc) is 2.82. The molecule has 0 aliphatic heterocycles. The van der Waals surface area contributed by atoms with Crippen molar-refractivity contribution in [2.45, 2.75) is 6.54 Å². The van der Waals surface area contributed by atoms with Gasteiger partial charge in [-0.15, -0.1) is 11.3 Å². The van der Waals surface area contributed by atoms with Crippen LogP contribution in [0.5, 0.6) is 0 Å². The van der Waals surface area contributed by atoms with Gasteiger partial charge in [0.1, 0.15) is 11.9 Å². The van der Waals surface area contributed by atoms with Gasteiger partial charge in [0.05, 0.1) is 18.9 Å². The van der Waals surface area contributed by atoms with Crippen molar-refractivity contribution in [1.29, 1.82) is 5.26 Å². The largest absolute Gasteiger partial charge is 0.353 e. The lowest BCUT2D eigenvalue weighted by atomic mass is 10.4. The van der Waals surface area contributed by atoms with E-state index in [1.54, 1.807) is 17.5 Å². The van der Waals surface area contributed by atoms with E-state index >= 15 is 0 Å². The van der Waals surface area contributed by atoms with E-state index in [0.717, 1.165) is 12.4 Å². The molecule has 0 aromatic carbocycles. The summed E-state index contributed by atoms with van der Waals surface area (Å²) < 4.78 is 0. The lowest BCUT2D eigenvalue weighted by Crippen LogP contribution is -2.17. The van der Waals surface area contributed by atoms with Crippen molar-refractivity contribution >= 4 is 17.2 Å². The minimum Gasteiger partial charge on any atom is -0.353 e. The number of rotatable bonds is 3. The van der Waals surface area contributed by atoms with Gasteiger partial charge in [-0.3, -0.25) is 0 Å². The summed E-state index contributed by atoms with van der Waals surface area (Å²) >= 11 is 1.71. The molecule has 0 aliphatic carbocycles. The lowest BCUT2D eigenvalue weighted by molar-refractivity contribution is 0.901. The molecular weight excluding hydrogens is 220 g/mol. The molecule has 0 spiro atoms. The van der Waals surface area contributed by atoms with Crippen molar-refractivity contribution in [3.05, 3.63) is 40.5 Å². The van der Waals surface area contributed by atoms with Crippen molar-refractivity contribution in [2.75, 3.05) is 11.9 Å². The van der Waals surface area contributed by atoms with E-state index in [1.807, 2.05) is 29.5 Å². The first-order chi connectivity index (χ1) is 7.79. The smallest absolute Gasteiger partial charge is 0.158 e. The molecule has 2 aromatic heterocycles. The number of hydrogen-bond acceptors (Lipinski definition) is 5. The van der Waals surface area contributed by atoms with Gasteiger partial charge < -0.3 is 4.90 Å². The van der Waals surface area contributed by atoms with E-state index in [0.29, 0.717) is 5.69 Å². The molecule has 5 heteroatoms. The summed E-state index contributed by atoms with van der Waals surface area (Å²) in [7, 11) is 1.95. The molecule has 0 amide bonds. The molecule has 2 aromatic rings. The fourth-order valence-corrected chi connectivity index (χ4v) is 2.05. The predicted octanol–water partition coefficient (Wildman–Crippen LogP) is 2.05. The third-order valence-corrected chi connectivity index (χ3v) is 2.98. The summed E-state index contributed by atoms with van der Waals surface area (Å²) in [4.78, 5) is 11.4. The first kappa shape index (κ1) is 10.6. The van der Waals surface area contributed by atoms with Crippen molar-refractivity contribution in [1.82, 2.24) is 9.97 Å². The maximum atomic E-state index is 8.61. The third-order valence-electron chi connectivity index (χ3n) is 2.12. The molecule has 2 rings (SSSR count). The summed E-state index contributed by atoms with van der Waals surface area (Å²) in [6.07, 6.45) is 3.10. The van der Waals surface area contributed by atoms with Crippen LogP contribution in [0.2, 0.25) is 0 Å². The Morgan fingerprint density at radius 3 is 2.88 bits per heavy atom. The second-order valence-corrected chi connectivity index (χ2v) is 4.34. The van der Waals surface area contributed by atoms with Gasteiger partial charge in [-0.1, -0.05) is 6.07 Å². The molecule has 4 nitrogen and oxygen atoms in total. The molecule has 0 bridgehead atoms. The monoisotopic (exact) mass is 230 g/mol. The van der Waals surface area contributed by atoms with Gasteiger partial charge in [-0.05, 0) is 11.4 Å². The first-order valence-corrected chi connectivity index (χ1v) is 5.63. The number of aromatic nitrogens is 2. The van der Waals surface area contributed by atoms with E-state index in [-0.39, 0.29) is 0 Å². The molecule has 80 valence electrons. The second kappa shape index (κ2) is 4.73. The Kier molecular flexibility index (Phi) is 3.13. The summed E-state index contributed by atoms with van der Waals surface area (Å²) in [5.74, 6) is 0.771. The van der Waals surface area contributed by atoms with Gasteiger partial charge in [0.25, 0.3) is 0 Å². The van der Waals surface area contributed by atoms with E-state index in [9.17, 15) is 0 Å². The Balaban J connectivity index is 2.09. The zero-order chi connectivity index (χ0) is 11.4. The third kappa shape index (κ3) is 2.35. The van der Waals surface area contributed by atoms with Crippen molar-refractivity contribution in [2.24, 2.45) is 0 Å². The van der Waals surface area contributed by atoms with Crippen molar-refractivity contribution < 1.29 is 0 Å². The van der Waals surface area contributed by atoms with Crippen LogP contribution in [0.4, 0.5) is 5.82 Å². The Bertz CT molecular complexity index is 484. The molecule has 0 saturated heterocycles. The van der Waals surface area contributed by atoms with Crippen LogP contribution in [-0.4, -0.2) is 17.0 Å². The standard InChI is InChI=1S/C11H10N4S/c1-15(8-10-3-2-4-16-10)11-7-13-9(5-12)6-14-11/h2-4,6-7H,8H2,1H3. The van der Waals surface area contributed by atoms with Gasteiger partial charge in [0.15, 0.2) is 5.69 Å². The van der Waals surface area contributed by atoms with Crippen LogP contribution in [0.3, 0.4) is 0 Å².